The average molecular weight is 243 g/mol. The van der Waals surface area contributed by atoms with E-state index in [9.17, 15) is 5.11 Å². The van der Waals surface area contributed by atoms with Gasteiger partial charge in [-0.1, -0.05) is 6.07 Å². The molecular formula is C11H17NOS2. The zero-order valence-electron chi connectivity index (χ0n) is 8.90. The van der Waals surface area contributed by atoms with E-state index < -0.39 is 0 Å². The van der Waals surface area contributed by atoms with Crippen LogP contribution in [0.5, 0.6) is 0 Å². The van der Waals surface area contributed by atoms with Gasteiger partial charge in [0.2, 0.25) is 0 Å². The second-order valence-electron chi connectivity index (χ2n) is 4.10. The molecule has 0 saturated heterocycles. The van der Waals surface area contributed by atoms with Crippen LogP contribution in [0.3, 0.4) is 0 Å². The molecule has 1 fully saturated rings. The molecule has 0 amide bonds. The third kappa shape index (κ3) is 2.56. The fourth-order valence-electron chi connectivity index (χ4n) is 2.12. The SMILES string of the molecule is CNC1(CO)CCC(Sc2cccs2)C1. The molecule has 4 heteroatoms. The molecule has 2 rings (SSSR count). The number of nitrogens with one attached hydrogen (secondary N) is 1. The number of thiophene rings is 1. The lowest BCUT2D eigenvalue weighted by Gasteiger charge is -2.26. The molecule has 2 N–H and O–H groups in total. The molecule has 1 aromatic rings. The van der Waals surface area contributed by atoms with Crippen LogP contribution in [-0.2, 0) is 0 Å². The quantitative estimate of drug-likeness (QED) is 0.851. The molecule has 2 atom stereocenters. The van der Waals surface area contributed by atoms with Gasteiger partial charge in [0.25, 0.3) is 0 Å². The topological polar surface area (TPSA) is 32.3 Å². The summed E-state index contributed by atoms with van der Waals surface area (Å²) in [7, 11) is 1.95. The zero-order valence-corrected chi connectivity index (χ0v) is 10.5. The molecule has 1 saturated carbocycles. The molecule has 0 bridgehead atoms. The Morgan fingerprint density at radius 3 is 3.13 bits per heavy atom. The Morgan fingerprint density at radius 2 is 2.60 bits per heavy atom. The summed E-state index contributed by atoms with van der Waals surface area (Å²) in [5, 5.41) is 15.4. The number of aliphatic hydroxyl groups excluding tert-OH is 1. The molecule has 15 heavy (non-hydrogen) atoms. The van der Waals surface area contributed by atoms with Gasteiger partial charge in [-0.15, -0.1) is 23.1 Å². The van der Waals surface area contributed by atoms with Gasteiger partial charge in [-0.25, -0.2) is 0 Å². The highest BCUT2D eigenvalue weighted by atomic mass is 32.2. The van der Waals surface area contributed by atoms with Gasteiger partial charge in [0.15, 0.2) is 0 Å². The molecule has 0 spiro atoms. The predicted octanol–water partition coefficient (Wildman–Crippen LogP) is 2.34. The van der Waals surface area contributed by atoms with Crippen molar-refractivity contribution in [3.63, 3.8) is 0 Å². The first-order valence-electron chi connectivity index (χ1n) is 5.28. The van der Waals surface area contributed by atoms with Crippen LogP contribution in [0, 0.1) is 0 Å². The van der Waals surface area contributed by atoms with Crippen LogP contribution in [0.2, 0.25) is 0 Å². The van der Waals surface area contributed by atoms with E-state index in [1.807, 2.05) is 18.8 Å². The monoisotopic (exact) mass is 243 g/mol. The molecular weight excluding hydrogens is 226 g/mol. The predicted molar refractivity (Wildman–Crippen MR) is 66.7 cm³/mol. The maximum Gasteiger partial charge on any atom is 0.0613 e. The molecule has 1 aromatic heterocycles. The highest BCUT2D eigenvalue weighted by molar-refractivity contribution is 8.01. The molecule has 2 unspecified atom stereocenters. The summed E-state index contributed by atoms with van der Waals surface area (Å²) in [5.41, 5.74) is -0.0189. The minimum Gasteiger partial charge on any atom is -0.394 e. The van der Waals surface area contributed by atoms with Crippen LogP contribution >= 0.6 is 23.1 Å². The van der Waals surface area contributed by atoms with E-state index in [1.165, 1.54) is 10.6 Å². The molecule has 1 heterocycles. The smallest absolute Gasteiger partial charge is 0.0613 e. The van der Waals surface area contributed by atoms with Gasteiger partial charge in [0.05, 0.1) is 10.8 Å². The Labute approximate surface area is 99.1 Å². The summed E-state index contributed by atoms with van der Waals surface area (Å²) in [6, 6.07) is 4.27. The Bertz CT molecular complexity index is 296. The number of rotatable bonds is 4. The van der Waals surface area contributed by atoms with Crippen molar-refractivity contribution in [1.29, 1.82) is 0 Å². The highest BCUT2D eigenvalue weighted by Crippen LogP contribution is 2.41. The summed E-state index contributed by atoms with van der Waals surface area (Å²) in [4.78, 5) is 0. The number of hydrogen-bond acceptors (Lipinski definition) is 4. The fourth-order valence-corrected chi connectivity index (χ4v) is 4.49. The fraction of sp³-hybridized carbons (Fsp3) is 0.636. The number of thioether (sulfide) groups is 1. The Balaban J connectivity index is 1.92. The van der Waals surface area contributed by atoms with E-state index in [-0.39, 0.29) is 12.1 Å². The van der Waals surface area contributed by atoms with E-state index in [4.69, 9.17) is 0 Å². The maximum absolute atomic E-state index is 9.39. The normalized spacial score (nSPS) is 30.9. The van der Waals surface area contributed by atoms with Gasteiger partial charge >= 0.3 is 0 Å². The van der Waals surface area contributed by atoms with Gasteiger partial charge in [-0.05, 0) is 37.8 Å². The summed E-state index contributed by atoms with van der Waals surface area (Å²) >= 11 is 3.76. The lowest BCUT2D eigenvalue weighted by atomic mass is 10.00. The minimum atomic E-state index is -0.0189. The van der Waals surface area contributed by atoms with E-state index >= 15 is 0 Å². The summed E-state index contributed by atoms with van der Waals surface area (Å²) in [6.45, 7) is 0.255. The van der Waals surface area contributed by atoms with Crippen molar-refractivity contribution < 1.29 is 5.11 Å². The third-order valence-corrected chi connectivity index (χ3v) is 5.52. The van der Waals surface area contributed by atoms with Crippen LogP contribution < -0.4 is 5.32 Å². The van der Waals surface area contributed by atoms with Crippen molar-refractivity contribution >= 4 is 23.1 Å². The molecule has 0 aromatic carbocycles. The van der Waals surface area contributed by atoms with E-state index in [1.54, 1.807) is 11.3 Å². The number of likely N-dealkylation sites (N-methyl/N-ethyl adjacent to an activating group) is 1. The largest absolute Gasteiger partial charge is 0.394 e. The van der Waals surface area contributed by atoms with Gasteiger partial charge in [-0.3, -0.25) is 0 Å². The first-order chi connectivity index (χ1) is 7.28. The van der Waals surface area contributed by atoms with Crippen molar-refractivity contribution in [2.24, 2.45) is 0 Å². The van der Waals surface area contributed by atoms with Crippen LogP contribution in [0.4, 0.5) is 0 Å². The van der Waals surface area contributed by atoms with Gasteiger partial charge in [0, 0.05) is 10.8 Å². The molecule has 1 aliphatic rings. The second kappa shape index (κ2) is 4.87. The summed E-state index contributed by atoms with van der Waals surface area (Å²) in [5.74, 6) is 0. The minimum absolute atomic E-state index is 0.0189. The first kappa shape index (κ1) is 11.5. The molecule has 84 valence electrons. The van der Waals surface area contributed by atoms with Crippen molar-refractivity contribution in [3.8, 4) is 0 Å². The number of aliphatic hydroxyl groups is 1. The van der Waals surface area contributed by atoms with Crippen molar-refractivity contribution in [2.45, 2.75) is 34.3 Å². The molecule has 2 nitrogen and oxygen atoms in total. The van der Waals surface area contributed by atoms with Crippen LogP contribution in [0.15, 0.2) is 21.7 Å². The molecule has 0 radical (unpaired) electrons. The zero-order chi connectivity index (χ0) is 10.7. The second-order valence-corrected chi connectivity index (χ2v) is 6.65. The van der Waals surface area contributed by atoms with Crippen LogP contribution in [0.1, 0.15) is 19.3 Å². The summed E-state index contributed by atoms with van der Waals surface area (Å²) in [6.07, 6.45) is 3.36. The molecule has 1 aliphatic carbocycles. The highest BCUT2D eigenvalue weighted by Gasteiger charge is 2.37. The molecule has 0 aliphatic heterocycles. The van der Waals surface area contributed by atoms with Gasteiger partial charge in [-0.2, -0.15) is 0 Å². The van der Waals surface area contributed by atoms with Crippen LogP contribution in [0.25, 0.3) is 0 Å². The summed E-state index contributed by atoms with van der Waals surface area (Å²) < 4.78 is 1.39. The van der Waals surface area contributed by atoms with Crippen LogP contribution in [-0.4, -0.2) is 29.5 Å². The Kier molecular flexibility index (Phi) is 3.72. The Morgan fingerprint density at radius 1 is 1.73 bits per heavy atom. The maximum atomic E-state index is 9.39. The van der Waals surface area contributed by atoms with Gasteiger partial charge < -0.3 is 10.4 Å². The first-order valence-corrected chi connectivity index (χ1v) is 7.04. The van der Waals surface area contributed by atoms with E-state index in [2.05, 4.69) is 22.8 Å². The van der Waals surface area contributed by atoms with E-state index in [0.717, 1.165) is 12.8 Å². The van der Waals surface area contributed by atoms with E-state index in [0.29, 0.717) is 5.25 Å². The lowest BCUT2D eigenvalue weighted by molar-refractivity contribution is 0.173. The standard InChI is InChI=1S/C11H17NOS2/c1-12-11(8-13)5-4-9(7-11)15-10-3-2-6-14-10/h2-3,6,9,12-13H,4-5,7-8H2,1H3. The average Bonchev–Trinajstić information content (AvgIpc) is 2.89. The third-order valence-electron chi connectivity index (χ3n) is 3.17. The van der Waals surface area contributed by atoms with Crippen molar-refractivity contribution in [1.82, 2.24) is 5.32 Å². The lowest BCUT2D eigenvalue weighted by Crippen LogP contribution is -2.44. The van der Waals surface area contributed by atoms with Crippen molar-refractivity contribution in [3.05, 3.63) is 17.5 Å². The Hall–Kier alpha value is -0.0300. The number of hydrogen-bond donors (Lipinski definition) is 2. The van der Waals surface area contributed by atoms with Crippen molar-refractivity contribution in [2.75, 3.05) is 13.7 Å². The van der Waals surface area contributed by atoms with Gasteiger partial charge in [0.1, 0.15) is 0 Å².